The topological polar surface area (TPSA) is 94.7 Å². The van der Waals surface area contributed by atoms with E-state index in [9.17, 15) is 9.90 Å². The average molecular weight is 408 g/mol. The van der Waals surface area contributed by atoms with E-state index in [0.717, 1.165) is 16.7 Å². The molecule has 0 saturated carbocycles. The fourth-order valence-corrected chi connectivity index (χ4v) is 2.91. The number of hydrazone groups is 1. The molecule has 0 spiro atoms. The molecule has 1 amide bonds. The van der Waals surface area contributed by atoms with E-state index in [1.54, 1.807) is 30.5 Å². The first kappa shape index (κ1) is 23.0. The van der Waals surface area contributed by atoms with Crippen LogP contribution in [-0.2, 0) is 15.6 Å². The van der Waals surface area contributed by atoms with Crippen LogP contribution < -0.4 is 10.2 Å². The molecular formula is C24H29N3O3. The first-order valence-electron chi connectivity index (χ1n) is 9.75. The van der Waals surface area contributed by atoms with Crippen LogP contribution in [0.15, 0.2) is 41.5 Å². The minimum Gasteiger partial charge on any atom is -0.507 e. The van der Waals surface area contributed by atoms with Crippen LogP contribution >= 0.6 is 0 Å². The highest BCUT2D eigenvalue weighted by molar-refractivity contribution is 5.84. The summed E-state index contributed by atoms with van der Waals surface area (Å²) in [6, 6.07) is 12.5. The first-order chi connectivity index (χ1) is 13.9. The Morgan fingerprint density at radius 2 is 1.70 bits per heavy atom. The van der Waals surface area contributed by atoms with Gasteiger partial charge in [-0.3, -0.25) is 4.79 Å². The summed E-state index contributed by atoms with van der Waals surface area (Å²) in [5.41, 5.74) is 4.71. The predicted molar refractivity (Wildman–Crippen MR) is 118 cm³/mol. The van der Waals surface area contributed by atoms with E-state index in [4.69, 9.17) is 10.00 Å². The number of nitriles is 1. The lowest BCUT2D eigenvalue weighted by Gasteiger charge is -2.27. The molecule has 0 bridgehead atoms. The zero-order valence-corrected chi connectivity index (χ0v) is 18.4. The number of nitrogens with one attached hydrogen (secondary N) is 1. The van der Waals surface area contributed by atoms with E-state index in [-0.39, 0.29) is 17.4 Å². The van der Waals surface area contributed by atoms with Crippen LogP contribution in [-0.4, -0.2) is 23.8 Å². The summed E-state index contributed by atoms with van der Waals surface area (Å²) < 4.78 is 5.39. The van der Waals surface area contributed by atoms with Crippen molar-refractivity contribution in [2.24, 2.45) is 5.10 Å². The molecule has 2 N–H and O–H groups in total. The first-order valence-corrected chi connectivity index (χ1v) is 9.75. The maximum atomic E-state index is 12.0. The molecule has 6 heteroatoms. The lowest BCUT2D eigenvalue weighted by molar-refractivity contribution is -0.123. The SMILES string of the molecule is CC(C)(C)c1cc(/C=N\NC(=O)COc2ccccc2C#N)cc(C(C)(C)C)c1O. The van der Waals surface area contributed by atoms with Gasteiger partial charge >= 0.3 is 0 Å². The molecule has 2 aromatic carbocycles. The Hall–Kier alpha value is -3.33. The van der Waals surface area contributed by atoms with Gasteiger partial charge in [-0.05, 0) is 40.7 Å². The van der Waals surface area contributed by atoms with Gasteiger partial charge in [-0.25, -0.2) is 5.43 Å². The van der Waals surface area contributed by atoms with Crippen LogP contribution in [0.25, 0.3) is 0 Å². The molecule has 0 aliphatic heterocycles. The third-order valence-electron chi connectivity index (χ3n) is 4.52. The normalized spacial score (nSPS) is 11.9. The number of amides is 1. The highest BCUT2D eigenvalue weighted by atomic mass is 16.5. The Morgan fingerprint density at radius 1 is 1.13 bits per heavy atom. The number of phenols is 1. The van der Waals surface area contributed by atoms with E-state index in [2.05, 4.69) is 10.5 Å². The fraction of sp³-hybridized carbons (Fsp3) is 0.375. The third kappa shape index (κ3) is 5.84. The van der Waals surface area contributed by atoms with Crippen LogP contribution in [0.2, 0.25) is 0 Å². The molecule has 0 aliphatic carbocycles. The number of phenolic OH excluding ortho intramolecular Hbond substituents is 1. The minimum atomic E-state index is -0.440. The van der Waals surface area contributed by atoms with Crippen molar-refractivity contribution in [3.8, 4) is 17.6 Å². The zero-order valence-electron chi connectivity index (χ0n) is 18.4. The number of benzene rings is 2. The summed E-state index contributed by atoms with van der Waals surface area (Å²) in [6.07, 6.45) is 1.55. The highest BCUT2D eigenvalue weighted by Gasteiger charge is 2.26. The number of hydrogen-bond donors (Lipinski definition) is 2. The monoisotopic (exact) mass is 407 g/mol. The van der Waals surface area contributed by atoms with Crippen molar-refractivity contribution in [1.82, 2.24) is 5.43 Å². The highest BCUT2D eigenvalue weighted by Crippen LogP contribution is 2.39. The number of carbonyl (C=O) groups excluding carboxylic acids is 1. The summed E-state index contributed by atoms with van der Waals surface area (Å²) in [5, 5.41) is 23.8. The second-order valence-corrected chi connectivity index (χ2v) is 9.15. The Balaban J connectivity index is 2.14. The Morgan fingerprint density at radius 3 is 2.23 bits per heavy atom. The summed E-state index contributed by atoms with van der Waals surface area (Å²) in [5.74, 6) is 0.202. The van der Waals surface area contributed by atoms with E-state index in [1.807, 2.05) is 59.7 Å². The standard InChI is InChI=1S/C24H29N3O3/c1-23(2,3)18-11-16(12-19(22(18)29)24(4,5)6)14-26-27-21(28)15-30-20-10-8-7-9-17(20)13-25/h7-12,14,29H,15H2,1-6H3,(H,27,28)/b26-14-. The van der Waals surface area contributed by atoms with Crippen molar-refractivity contribution < 1.29 is 14.6 Å². The maximum Gasteiger partial charge on any atom is 0.277 e. The van der Waals surface area contributed by atoms with Crippen molar-refractivity contribution in [2.45, 2.75) is 52.4 Å². The Kier molecular flexibility index (Phi) is 6.88. The van der Waals surface area contributed by atoms with E-state index < -0.39 is 5.91 Å². The lowest BCUT2D eigenvalue weighted by atomic mass is 9.78. The second-order valence-electron chi connectivity index (χ2n) is 9.15. The van der Waals surface area contributed by atoms with Crippen LogP contribution in [0.3, 0.4) is 0 Å². The van der Waals surface area contributed by atoms with Gasteiger partial charge in [0.05, 0.1) is 11.8 Å². The van der Waals surface area contributed by atoms with Crippen LogP contribution in [0.5, 0.6) is 11.5 Å². The summed E-state index contributed by atoms with van der Waals surface area (Å²) in [4.78, 5) is 12.0. The summed E-state index contributed by atoms with van der Waals surface area (Å²) in [6.45, 7) is 12.0. The molecule has 0 aliphatic rings. The van der Waals surface area contributed by atoms with Crippen molar-refractivity contribution in [3.63, 3.8) is 0 Å². The van der Waals surface area contributed by atoms with Gasteiger partial charge in [-0.2, -0.15) is 10.4 Å². The number of para-hydroxylation sites is 1. The molecule has 30 heavy (non-hydrogen) atoms. The van der Waals surface area contributed by atoms with Gasteiger partial charge in [0.1, 0.15) is 17.6 Å². The van der Waals surface area contributed by atoms with Gasteiger partial charge in [-0.1, -0.05) is 53.7 Å². The zero-order chi connectivity index (χ0) is 22.5. The second kappa shape index (κ2) is 9.00. The van der Waals surface area contributed by atoms with Gasteiger partial charge in [0.2, 0.25) is 0 Å². The van der Waals surface area contributed by atoms with Crippen LogP contribution in [0, 0.1) is 11.3 Å². The average Bonchev–Trinajstić information content (AvgIpc) is 2.65. The van der Waals surface area contributed by atoms with Crippen LogP contribution in [0.1, 0.15) is 63.8 Å². The molecule has 0 aromatic heterocycles. The molecule has 0 radical (unpaired) electrons. The van der Waals surface area contributed by atoms with Gasteiger partial charge in [0.25, 0.3) is 5.91 Å². The number of nitrogens with zero attached hydrogens (tertiary/aromatic N) is 2. The van der Waals surface area contributed by atoms with Gasteiger partial charge < -0.3 is 9.84 Å². The summed E-state index contributed by atoms with van der Waals surface area (Å²) >= 11 is 0. The molecule has 2 rings (SSSR count). The van der Waals surface area contributed by atoms with Crippen molar-refractivity contribution in [2.75, 3.05) is 6.61 Å². The largest absolute Gasteiger partial charge is 0.507 e. The molecule has 6 nitrogen and oxygen atoms in total. The van der Waals surface area contributed by atoms with Crippen molar-refractivity contribution in [3.05, 3.63) is 58.7 Å². The maximum absolute atomic E-state index is 12.0. The van der Waals surface area contributed by atoms with Gasteiger partial charge in [0.15, 0.2) is 6.61 Å². The fourth-order valence-electron chi connectivity index (χ4n) is 2.91. The number of aromatic hydroxyl groups is 1. The van der Waals surface area contributed by atoms with Gasteiger partial charge in [0, 0.05) is 11.1 Å². The number of ether oxygens (including phenoxy) is 1. The third-order valence-corrected chi connectivity index (χ3v) is 4.52. The molecule has 0 saturated heterocycles. The van der Waals surface area contributed by atoms with E-state index in [0.29, 0.717) is 17.1 Å². The number of carbonyl (C=O) groups is 1. The number of hydrogen-bond acceptors (Lipinski definition) is 5. The Labute approximate surface area is 178 Å². The molecule has 0 heterocycles. The lowest BCUT2D eigenvalue weighted by Crippen LogP contribution is -2.25. The molecule has 0 unspecified atom stereocenters. The van der Waals surface area contributed by atoms with Crippen molar-refractivity contribution >= 4 is 12.1 Å². The van der Waals surface area contributed by atoms with Crippen LogP contribution in [0.4, 0.5) is 0 Å². The van der Waals surface area contributed by atoms with E-state index >= 15 is 0 Å². The number of rotatable bonds is 5. The molecule has 2 aromatic rings. The minimum absolute atomic E-state index is 0.251. The molecular weight excluding hydrogens is 378 g/mol. The smallest absolute Gasteiger partial charge is 0.277 e. The van der Waals surface area contributed by atoms with Gasteiger partial charge in [-0.15, -0.1) is 0 Å². The Bertz CT molecular complexity index is 955. The van der Waals surface area contributed by atoms with E-state index in [1.165, 1.54) is 0 Å². The molecule has 158 valence electrons. The quantitative estimate of drug-likeness (QED) is 0.568. The summed E-state index contributed by atoms with van der Waals surface area (Å²) in [7, 11) is 0. The predicted octanol–water partition coefficient (Wildman–Crippen LogP) is 4.39. The molecule has 0 atom stereocenters. The van der Waals surface area contributed by atoms with Crippen molar-refractivity contribution in [1.29, 1.82) is 5.26 Å². The molecule has 0 fully saturated rings.